The zero-order valence-electron chi connectivity index (χ0n) is 10.0. The zero-order chi connectivity index (χ0) is 13.1. The van der Waals surface area contributed by atoms with Crippen molar-refractivity contribution in [3.63, 3.8) is 0 Å². The summed E-state index contributed by atoms with van der Waals surface area (Å²) < 4.78 is 5.27. The number of amides is 1. The fourth-order valence-electron chi connectivity index (χ4n) is 1.81. The molecule has 1 fully saturated rings. The topological polar surface area (TPSA) is 91.4 Å². The van der Waals surface area contributed by atoms with Crippen LogP contribution in [0.3, 0.4) is 0 Å². The van der Waals surface area contributed by atoms with Gasteiger partial charge in [0.25, 0.3) is 5.91 Å². The van der Waals surface area contributed by atoms with Gasteiger partial charge in [-0.25, -0.2) is 0 Å². The van der Waals surface area contributed by atoms with Gasteiger partial charge < -0.3 is 20.7 Å². The Hall–Kier alpha value is -1.78. The largest absolute Gasteiger partial charge is 0.396 e. The first-order valence-electron chi connectivity index (χ1n) is 5.56. The number of ether oxygens (including phenoxy) is 1. The Morgan fingerprint density at radius 3 is 2.78 bits per heavy atom. The van der Waals surface area contributed by atoms with Crippen molar-refractivity contribution in [1.82, 2.24) is 5.32 Å². The lowest BCUT2D eigenvalue weighted by Crippen LogP contribution is -2.36. The second kappa shape index (κ2) is 5.25. The lowest BCUT2D eigenvalue weighted by molar-refractivity contribution is 0.0968. The number of morpholine rings is 1. The molecule has 0 aliphatic carbocycles. The molecule has 0 bridgehead atoms. The van der Waals surface area contributed by atoms with Crippen LogP contribution in [0.2, 0.25) is 0 Å². The molecule has 18 heavy (non-hydrogen) atoms. The highest BCUT2D eigenvalue weighted by molar-refractivity contribution is 7.19. The fraction of sp³-hybridized carbons (Fsp3) is 0.455. The van der Waals surface area contributed by atoms with E-state index in [9.17, 15) is 10.1 Å². The van der Waals surface area contributed by atoms with Gasteiger partial charge in [-0.3, -0.25) is 4.79 Å². The van der Waals surface area contributed by atoms with Gasteiger partial charge in [-0.05, 0) is 0 Å². The minimum absolute atomic E-state index is 0.256. The van der Waals surface area contributed by atoms with Crippen LogP contribution >= 0.6 is 11.3 Å². The number of nitrogens with one attached hydrogen (secondary N) is 1. The van der Waals surface area contributed by atoms with Gasteiger partial charge >= 0.3 is 0 Å². The first kappa shape index (κ1) is 12.7. The third-order valence-electron chi connectivity index (χ3n) is 2.77. The molecule has 1 aliphatic heterocycles. The van der Waals surface area contributed by atoms with Gasteiger partial charge in [0.15, 0.2) is 0 Å². The van der Waals surface area contributed by atoms with Crippen LogP contribution in [0, 0.1) is 11.3 Å². The number of anilines is 2. The van der Waals surface area contributed by atoms with Crippen LogP contribution in [0.1, 0.15) is 15.2 Å². The summed E-state index contributed by atoms with van der Waals surface area (Å²) in [6, 6.07) is 2.08. The molecule has 0 atom stereocenters. The van der Waals surface area contributed by atoms with Crippen molar-refractivity contribution >= 4 is 27.9 Å². The normalized spacial score (nSPS) is 15.2. The van der Waals surface area contributed by atoms with Gasteiger partial charge in [0, 0.05) is 20.1 Å². The summed E-state index contributed by atoms with van der Waals surface area (Å²) in [5.74, 6) is -0.256. The smallest absolute Gasteiger partial charge is 0.263 e. The number of nitriles is 1. The number of nitrogens with two attached hydrogens (primary N) is 1. The van der Waals surface area contributed by atoms with Crippen molar-refractivity contribution in [3.8, 4) is 6.07 Å². The minimum atomic E-state index is -0.256. The summed E-state index contributed by atoms with van der Waals surface area (Å²) in [6.45, 7) is 2.67. The average Bonchev–Trinajstić information content (AvgIpc) is 2.76. The van der Waals surface area contributed by atoms with Gasteiger partial charge in [0.1, 0.15) is 21.5 Å². The molecule has 1 saturated heterocycles. The van der Waals surface area contributed by atoms with E-state index < -0.39 is 0 Å². The Labute approximate surface area is 109 Å². The van der Waals surface area contributed by atoms with E-state index in [1.165, 1.54) is 11.3 Å². The van der Waals surface area contributed by atoms with Crippen molar-refractivity contribution < 1.29 is 9.53 Å². The molecule has 1 aromatic rings. The summed E-state index contributed by atoms with van der Waals surface area (Å²) in [5.41, 5.74) is 6.52. The van der Waals surface area contributed by atoms with E-state index in [1.54, 1.807) is 7.05 Å². The van der Waals surface area contributed by atoms with Crippen molar-refractivity contribution in [3.05, 3.63) is 10.4 Å². The quantitative estimate of drug-likeness (QED) is 0.808. The van der Waals surface area contributed by atoms with Crippen LogP contribution in [0.4, 0.5) is 10.7 Å². The van der Waals surface area contributed by atoms with Crippen LogP contribution in [0.5, 0.6) is 0 Å². The summed E-state index contributed by atoms with van der Waals surface area (Å²) in [7, 11) is 1.54. The first-order chi connectivity index (χ1) is 8.69. The molecule has 1 aromatic heterocycles. The van der Waals surface area contributed by atoms with Crippen molar-refractivity contribution in [2.75, 3.05) is 44.0 Å². The average molecular weight is 266 g/mol. The van der Waals surface area contributed by atoms with E-state index >= 15 is 0 Å². The Bertz CT molecular complexity index is 500. The molecule has 7 heteroatoms. The number of rotatable bonds is 2. The molecular formula is C11H14N4O2S. The van der Waals surface area contributed by atoms with Gasteiger partial charge in [-0.15, -0.1) is 11.3 Å². The van der Waals surface area contributed by atoms with Crippen LogP contribution in [-0.2, 0) is 4.74 Å². The van der Waals surface area contributed by atoms with E-state index in [-0.39, 0.29) is 11.6 Å². The van der Waals surface area contributed by atoms with E-state index in [2.05, 4.69) is 11.4 Å². The van der Waals surface area contributed by atoms with Crippen LogP contribution in [-0.4, -0.2) is 39.3 Å². The summed E-state index contributed by atoms with van der Waals surface area (Å²) in [5, 5.41) is 12.5. The third-order valence-corrected chi connectivity index (χ3v) is 4.04. The van der Waals surface area contributed by atoms with Crippen LogP contribution < -0.4 is 16.0 Å². The highest BCUT2D eigenvalue weighted by Gasteiger charge is 2.24. The van der Waals surface area contributed by atoms with Gasteiger partial charge in [0.05, 0.1) is 18.9 Å². The highest BCUT2D eigenvalue weighted by Crippen LogP contribution is 2.37. The molecule has 1 amide bonds. The Balaban J connectivity index is 2.40. The maximum absolute atomic E-state index is 11.7. The number of hydrogen-bond acceptors (Lipinski definition) is 6. The summed E-state index contributed by atoms with van der Waals surface area (Å²) in [4.78, 5) is 14.1. The van der Waals surface area contributed by atoms with Crippen molar-refractivity contribution in [2.45, 2.75) is 0 Å². The number of carbonyl (C=O) groups excluding carboxylic acids is 1. The SMILES string of the molecule is CNC(=O)c1sc(N2CCOCC2)c(C#N)c1N. The molecular weight excluding hydrogens is 252 g/mol. The van der Waals surface area contributed by atoms with E-state index in [0.717, 1.165) is 5.00 Å². The Morgan fingerprint density at radius 1 is 1.56 bits per heavy atom. The summed E-state index contributed by atoms with van der Waals surface area (Å²) in [6.07, 6.45) is 0. The van der Waals surface area contributed by atoms with Crippen molar-refractivity contribution in [2.24, 2.45) is 0 Å². The predicted octanol–water partition coefficient (Wildman–Crippen LogP) is 0.398. The van der Waals surface area contributed by atoms with Gasteiger partial charge in [-0.2, -0.15) is 5.26 Å². The molecule has 0 radical (unpaired) electrons. The standard InChI is InChI=1S/C11H14N4O2S/c1-14-10(16)9-8(13)7(6-12)11(18-9)15-2-4-17-5-3-15/h2-5,13H2,1H3,(H,14,16). The number of nitrogen functional groups attached to an aromatic ring is 1. The number of hydrogen-bond donors (Lipinski definition) is 2. The Morgan fingerprint density at radius 2 is 2.22 bits per heavy atom. The molecule has 1 aliphatic rings. The number of carbonyl (C=O) groups is 1. The van der Waals surface area contributed by atoms with Crippen molar-refractivity contribution in [1.29, 1.82) is 5.26 Å². The molecule has 0 unspecified atom stereocenters. The highest BCUT2D eigenvalue weighted by atomic mass is 32.1. The van der Waals surface area contributed by atoms with E-state index in [1.807, 2.05) is 4.90 Å². The zero-order valence-corrected chi connectivity index (χ0v) is 10.8. The molecule has 3 N–H and O–H groups in total. The fourth-order valence-corrected chi connectivity index (χ4v) is 2.98. The minimum Gasteiger partial charge on any atom is -0.396 e. The number of nitrogens with zero attached hydrogens (tertiary/aromatic N) is 2. The monoisotopic (exact) mass is 266 g/mol. The van der Waals surface area contributed by atoms with E-state index in [4.69, 9.17) is 10.5 Å². The second-order valence-electron chi connectivity index (χ2n) is 3.82. The molecule has 0 aromatic carbocycles. The van der Waals surface area contributed by atoms with Gasteiger partial charge in [-0.1, -0.05) is 0 Å². The predicted molar refractivity (Wildman–Crippen MR) is 69.9 cm³/mol. The maximum atomic E-state index is 11.7. The lowest BCUT2D eigenvalue weighted by atomic mass is 10.2. The molecule has 2 rings (SSSR count). The first-order valence-corrected chi connectivity index (χ1v) is 6.37. The van der Waals surface area contributed by atoms with E-state index in [0.29, 0.717) is 36.7 Å². The van der Waals surface area contributed by atoms with Crippen LogP contribution in [0.25, 0.3) is 0 Å². The van der Waals surface area contributed by atoms with Crippen LogP contribution in [0.15, 0.2) is 0 Å². The molecule has 2 heterocycles. The third kappa shape index (κ3) is 2.12. The summed E-state index contributed by atoms with van der Waals surface area (Å²) >= 11 is 1.26. The van der Waals surface area contributed by atoms with Gasteiger partial charge in [0.2, 0.25) is 0 Å². The molecule has 0 spiro atoms. The molecule has 6 nitrogen and oxygen atoms in total. The molecule has 0 saturated carbocycles. The second-order valence-corrected chi connectivity index (χ2v) is 4.81. The maximum Gasteiger partial charge on any atom is 0.263 e. The molecule has 96 valence electrons. The number of thiophene rings is 1. The lowest BCUT2D eigenvalue weighted by Gasteiger charge is -2.27. The Kier molecular flexibility index (Phi) is 3.69.